The van der Waals surface area contributed by atoms with E-state index in [1.54, 1.807) is 19.2 Å². The molecular weight excluding hydrogens is 360 g/mol. The molecule has 144 valence electrons. The fourth-order valence-corrected chi connectivity index (χ4v) is 3.39. The van der Waals surface area contributed by atoms with Gasteiger partial charge in [-0.3, -0.25) is 4.79 Å². The molecule has 0 fully saturated rings. The Morgan fingerprint density at radius 1 is 1.04 bits per heavy atom. The van der Waals surface area contributed by atoms with Crippen molar-refractivity contribution in [2.75, 3.05) is 21.3 Å². The molecule has 2 heterocycles. The van der Waals surface area contributed by atoms with Gasteiger partial charge >= 0.3 is 0 Å². The predicted octanol–water partition coefficient (Wildman–Crippen LogP) is 2.70. The Balaban J connectivity index is 1.81. The Labute approximate surface area is 162 Å². The molecule has 0 aliphatic carbocycles. The molecule has 0 saturated heterocycles. The van der Waals surface area contributed by atoms with Crippen molar-refractivity contribution >= 4 is 17.8 Å². The van der Waals surface area contributed by atoms with E-state index >= 15 is 0 Å². The van der Waals surface area contributed by atoms with Crippen LogP contribution in [0, 0.1) is 6.92 Å². The largest absolute Gasteiger partial charge is 0.493 e. The van der Waals surface area contributed by atoms with Gasteiger partial charge in [-0.05, 0) is 30.7 Å². The predicted molar refractivity (Wildman–Crippen MR) is 104 cm³/mol. The van der Waals surface area contributed by atoms with Gasteiger partial charge in [-0.2, -0.15) is 0 Å². The van der Waals surface area contributed by atoms with Crippen LogP contribution in [-0.2, 0) is 4.79 Å². The molecule has 1 unspecified atom stereocenters. The molecule has 2 aromatic rings. The molecule has 0 radical (unpaired) electrons. The number of hydrogen-bond donors (Lipinski definition) is 1. The Morgan fingerprint density at radius 2 is 1.82 bits per heavy atom. The van der Waals surface area contributed by atoms with Crippen LogP contribution in [0.4, 0.5) is 0 Å². The van der Waals surface area contributed by atoms with Crippen molar-refractivity contribution in [2.45, 2.75) is 13.2 Å². The average Bonchev–Trinajstić information content (AvgIpc) is 2.71. The van der Waals surface area contributed by atoms with E-state index in [4.69, 9.17) is 18.9 Å². The van der Waals surface area contributed by atoms with Gasteiger partial charge in [-0.25, -0.2) is 4.99 Å². The zero-order chi connectivity index (χ0) is 19.8. The fraction of sp³-hybridized carbons (Fsp3) is 0.238. The number of amides is 1. The first-order valence-electron chi connectivity index (χ1n) is 8.73. The molecule has 4 rings (SSSR count). The lowest BCUT2D eigenvalue weighted by atomic mass is 10.0. The minimum atomic E-state index is -0.727. The van der Waals surface area contributed by atoms with E-state index in [1.807, 2.05) is 31.2 Å². The molecule has 7 heteroatoms. The second-order valence-electron chi connectivity index (χ2n) is 6.38. The molecule has 1 atom stereocenters. The number of benzene rings is 2. The summed E-state index contributed by atoms with van der Waals surface area (Å²) in [5.41, 5.74) is 2.89. The van der Waals surface area contributed by atoms with Crippen LogP contribution in [0.15, 0.2) is 40.9 Å². The third kappa shape index (κ3) is 2.76. The van der Waals surface area contributed by atoms with E-state index in [-0.39, 0.29) is 5.91 Å². The Kier molecular flexibility index (Phi) is 4.43. The van der Waals surface area contributed by atoms with Crippen molar-refractivity contribution in [3.63, 3.8) is 0 Å². The number of ether oxygens (including phenoxy) is 4. The SMILES string of the molecule is COc1ccc(C2=NC3Oc4c(C)cccc4C=C3C(=O)N2)c(OC)c1OC. The highest BCUT2D eigenvalue weighted by Crippen LogP contribution is 2.41. The quantitative estimate of drug-likeness (QED) is 0.882. The first-order valence-corrected chi connectivity index (χ1v) is 8.73. The lowest BCUT2D eigenvalue weighted by Crippen LogP contribution is -2.44. The molecule has 1 N–H and O–H groups in total. The third-order valence-electron chi connectivity index (χ3n) is 4.75. The molecule has 2 aliphatic rings. The van der Waals surface area contributed by atoms with Gasteiger partial charge in [0.05, 0.1) is 32.5 Å². The van der Waals surface area contributed by atoms with Gasteiger partial charge in [-0.1, -0.05) is 18.2 Å². The van der Waals surface area contributed by atoms with E-state index in [1.165, 1.54) is 14.2 Å². The van der Waals surface area contributed by atoms with Crippen molar-refractivity contribution in [2.24, 2.45) is 4.99 Å². The van der Waals surface area contributed by atoms with E-state index in [0.29, 0.717) is 34.2 Å². The van der Waals surface area contributed by atoms with E-state index in [9.17, 15) is 4.79 Å². The van der Waals surface area contributed by atoms with Crippen molar-refractivity contribution in [3.8, 4) is 23.0 Å². The van der Waals surface area contributed by atoms with Crippen LogP contribution in [0.3, 0.4) is 0 Å². The summed E-state index contributed by atoms with van der Waals surface area (Å²) in [4.78, 5) is 17.4. The van der Waals surface area contributed by atoms with Crippen LogP contribution in [0.5, 0.6) is 23.0 Å². The van der Waals surface area contributed by atoms with Gasteiger partial charge in [0.2, 0.25) is 12.0 Å². The van der Waals surface area contributed by atoms with Crippen LogP contribution >= 0.6 is 0 Å². The molecule has 0 bridgehead atoms. The van der Waals surface area contributed by atoms with Gasteiger partial charge in [-0.15, -0.1) is 0 Å². The van der Waals surface area contributed by atoms with E-state index in [0.717, 1.165) is 16.9 Å². The van der Waals surface area contributed by atoms with Gasteiger partial charge in [0, 0.05) is 5.56 Å². The maximum absolute atomic E-state index is 12.7. The zero-order valence-electron chi connectivity index (χ0n) is 16.0. The summed E-state index contributed by atoms with van der Waals surface area (Å²) in [6.07, 6.45) is 1.09. The second kappa shape index (κ2) is 6.92. The summed E-state index contributed by atoms with van der Waals surface area (Å²) in [5, 5.41) is 2.83. The topological polar surface area (TPSA) is 78.4 Å². The van der Waals surface area contributed by atoms with Crippen molar-refractivity contribution in [3.05, 3.63) is 52.6 Å². The maximum Gasteiger partial charge on any atom is 0.258 e. The Hall–Kier alpha value is -3.48. The molecule has 2 aliphatic heterocycles. The van der Waals surface area contributed by atoms with Crippen LogP contribution in [0.2, 0.25) is 0 Å². The standard InChI is InChI=1S/C21H20N2O5/c1-11-6-5-7-12-10-14-20(24)22-19(23-21(14)28-16(11)12)13-8-9-15(25-2)18(27-4)17(13)26-3/h5-10,21H,1-4H3,(H,22,23,24). The number of hydrogen-bond acceptors (Lipinski definition) is 6. The Morgan fingerprint density at radius 3 is 2.54 bits per heavy atom. The number of para-hydroxylation sites is 1. The van der Waals surface area contributed by atoms with Gasteiger partial charge in [0.15, 0.2) is 11.5 Å². The molecule has 7 nitrogen and oxygen atoms in total. The smallest absolute Gasteiger partial charge is 0.258 e. The minimum Gasteiger partial charge on any atom is -0.493 e. The van der Waals surface area contributed by atoms with E-state index in [2.05, 4.69) is 10.3 Å². The number of nitrogens with zero attached hydrogens (tertiary/aromatic N) is 1. The van der Waals surface area contributed by atoms with Crippen LogP contribution < -0.4 is 24.3 Å². The summed E-state index contributed by atoms with van der Waals surface area (Å²) in [7, 11) is 4.59. The highest BCUT2D eigenvalue weighted by molar-refractivity contribution is 6.17. The summed E-state index contributed by atoms with van der Waals surface area (Å²) >= 11 is 0. The lowest BCUT2D eigenvalue weighted by molar-refractivity contribution is -0.117. The van der Waals surface area contributed by atoms with Gasteiger partial charge in [0.25, 0.3) is 5.91 Å². The van der Waals surface area contributed by atoms with Gasteiger partial charge in [0.1, 0.15) is 11.6 Å². The van der Waals surface area contributed by atoms with Crippen molar-refractivity contribution < 1.29 is 23.7 Å². The fourth-order valence-electron chi connectivity index (χ4n) is 3.39. The molecular formula is C21H20N2O5. The number of amidine groups is 1. The molecule has 0 aromatic heterocycles. The average molecular weight is 380 g/mol. The van der Waals surface area contributed by atoms with Crippen molar-refractivity contribution in [1.82, 2.24) is 5.32 Å². The number of rotatable bonds is 4. The summed E-state index contributed by atoms with van der Waals surface area (Å²) in [6, 6.07) is 9.30. The number of carbonyl (C=O) groups is 1. The van der Waals surface area contributed by atoms with Gasteiger partial charge < -0.3 is 24.3 Å². The number of methoxy groups -OCH3 is 3. The summed E-state index contributed by atoms with van der Waals surface area (Å²) in [6.45, 7) is 1.96. The highest BCUT2D eigenvalue weighted by Gasteiger charge is 2.34. The van der Waals surface area contributed by atoms with Crippen LogP contribution in [-0.4, -0.2) is 39.3 Å². The zero-order valence-corrected chi connectivity index (χ0v) is 16.0. The number of carbonyl (C=O) groups excluding carboxylic acids is 1. The van der Waals surface area contributed by atoms with E-state index < -0.39 is 6.23 Å². The first kappa shape index (κ1) is 17.9. The molecule has 0 spiro atoms. The normalized spacial score (nSPS) is 17.3. The van der Waals surface area contributed by atoms with Crippen molar-refractivity contribution in [1.29, 1.82) is 0 Å². The van der Waals surface area contributed by atoms with Crippen LogP contribution in [0.1, 0.15) is 16.7 Å². The third-order valence-corrected chi connectivity index (χ3v) is 4.75. The number of aryl methyl sites for hydroxylation is 1. The number of aliphatic imine (C=N–C) groups is 1. The molecule has 2 aromatic carbocycles. The Bertz CT molecular complexity index is 1030. The summed E-state index contributed by atoms with van der Waals surface area (Å²) in [5.74, 6) is 2.17. The number of fused-ring (bicyclic) bond motifs is 2. The first-order chi connectivity index (χ1) is 13.6. The lowest BCUT2D eigenvalue weighted by Gasteiger charge is -2.29. The minimum absolute atomic E-state index is 0.265. The molecule has 28 heavy (non-hydrogen) atoms. The molecule has 0 saturated carbocycles. The summed E-state index contributed by atoms with van der Waals surface area (Å²) < 4.78 is 22.3. The highest BCUT2D eigenvalue weighted by atomic mass is 16.5. The maximum atomic E-state index is 12.7. The number of nitrogens with one attached hydrogen (secondary N) is 1. The van der Waals surface area contributed by atoms with Crippen LogP contribution in [0.25, 0.3) is 6.08 Å². The molecule has 1 amide bonds. The second-order valence-corrected chi connectivity index (χ2v) is 6.38. The monoisotopic (exact) mass is 380 g/mol.